The van der Waals surface area contributed by atoms with Crippen molar-refractivity contribution in [3.8, 4) is 5.75 Å². The lowest BCUT2D eigenvalue weighted by Gasteiger charge is -2.24. The highest BCUT2D eigenvalue weighted by Crippen LogP contribution is 2.30. The number of nitrogens with two attached hydrogens (primary N) is 1. The highest BCUT2D eigenvalue weighted by Gasteiger charge is 2.31. The van der Waals surface area contributed by atoms with Crippen LogP contribution in [-0.4, -0.2) is 37.7 Å². The van der Waals surface area contributed by atoms with Gasteiger partial charge in [-0.05, 0) is 25.5 Å². The zero-order valence-corrected chi connectivity index (χ0v) is 11.4. The Kier molecular flexibility index (Phi) is 4.57. The van der Waals surface area contributed by atoms with Gasteiger partial charge in [-0.1, -0.05) is 12.1 Å². The van der Waals surface area contributed by atoms with Crippen LogP contribution in [0.25, 0.3) is 0 Å². The maximum Gasteiger partial charge on any atom is 0.332 e. The van der Waals surface area contributed by atoms with Crippen LogP contribution in [0.5, 0.6) is 5.75 Å². The topological polar surface area (TPSA) is 81.9 Å². The molecule has 0 radical (unpaired) electrons. The quantitative estimate of drug-likeness (QED) is 0.650. The Bertz CT molecular complexity index is 504. The fourth-order valence-corrected chi connectivity index (χ4v) is 2.06. The van der Waals surface area contributed by atoms with E-state index in [-0.39, 0.29) is 6.61 Å². The largest absolute Gasteiger partial charge is 0.491 e. The highest BCUT2D eigenvalue weighted by atomic mass is 16.5. The zero-order valence-electron chi connectivity index (χ0n) is 11.4. The van der Waals surface area contributed by atoms with Gasteiger partial charge in [-0.25, -0.2) is 4.79 Å². The molecule has 2 rings (SSSR count). The molecular weight excluding hydrogens is 260 g/mol. The number of esters is 1. The third-order valence-corrected chi connectivity index (χ3v) is 3.01. The lowest BCUT2D eigenvalue weighted by molar-refractivity contribution is -0.147. The fraction of sp³-hybridized carbons (Fsp3) is 0.429. The third-order valence-electron chi connectivity index (χ3n) is 3.01. The molecule has 0 saturated carbocycles. The smallest absolute Gasteiger partial charge is 0.332 e. The lowest BCUT2D eigenvalue weighted by atomic mass is 10.2. The average Bonchev–Trinajstić information content (AvgIpc) is 2.68. The molecule has 1 aromatic rings. The Morgan fingerprint density at radius 1 is 1.45 bits per heavy atom. The first-order valence-electron chi connectivity index (χ1n) is 6.60. The maximum absolute atomic E-state index is 12.4. The van der Waals surface area contributed by atoms with Crippen molar-refractivity contribution in [1.29, 1.82) is 0 Å². The van der Waals surface area contributed by atoms with E-state index in [1.165, 1.54) is 4.90 Å². The summed E-state index contributed by atoms with van der Waals surface area (Å²) in [5, 5.41) is 0. The monoisotopic (exact) mass is 278 g/mol. The number of hydrogen-bond donors (Lipinski definition) is 1. The van der Waals surface area contributed by atoms with E-state index in [1.54, 1.807) is 19.1 Å². The molecule has 2 N–H and O–H groups in total. The predicted molar refractivity (Wildman–Crippen MR) is 73.5 cm³/mol. The van der Waals surface area contributed by atoms with E-state index in [2.05, 4.69) is 0 Å². The Balaban J connectivity index is 2.23. The summed E-state index contributed by atoms with van der Waals surface area (Å²) in [5.41, 5.74) is 6.31. The number of amides is 1. The number of ether oxygens (including phenoxy) is 2. The van der Waals surface area contributed by atoms with Gasteiger partial charge in [-0.2, -0.15) is 0 Å². The summed E-state index contributed by atoms with van der Waals surface area (Å²) in [4.78, 5) is 25.5. The average molecular weight is 278 g/mol. The van der Waals surface area contributed by atoms with Crippen LogP contribution < -0.4 is 15.4 Å². The first-order valence-corrected chi connectivity index (χ1v) is 6.60. The molecule has 1 aliphatic rings. The number of benzene rings is 1. The van der Waals surface area contributed by atoms with Crippen molar-refractivity contribution in [3.05, 3.63) is 24.3 Å². The molecule has 108 valence electrons. The number of fused-ring (bicyclic) bond motifs is 1. The molecule has 0 aliphatic carbocycles. The predicted octanol–water partition coefficient (Wildman–Crippen LogP) is 0.693. The lowest BCUT2D eigenvalue weighted by Crippen LogP contribution is -2.49. The van der Waals surface area contributed by atoms with Crippen molar-refractivity contribution < 1.29 is 19.1 Å². The second kappa shape index (κ2) is 6.38. The number of para-hydroxylation sites is 2. The normalized spacial score (nSPS) is 15.6. The van der Waals surface area contributed by atoms with Crippen molar-refractivity contribution >= 4 is 17.6 Å². The minimum atomic E-state index is -1.30. The molecule has 0 fully saturated rings. The van der Waals surface area contributed by atoms with Gasteiger partial charge in [-0.15, -0.1) is 0 Å². The van der Waals surface area contributed by atoms with Crippen LogP contribution >= 0.6 is 0 Å². The molecule has 0 saturated heterocycles. The molecule has 6 heteroatoms. The van der Waals surface area contributed by atoms with Gasteiger partial charge in [0.05, 0.1) is 18.9 Å². The molecular formula is C14H18N2O4. The van der Waals surface area contributed by atoms with E-state index >= 15 is 0 Å². The van der Waals surface area contributed by atoms with Gasteiger partial charge >= 0.3 is 5.97 Å². The molecule has 0 aromatic heterocycles. The molecule has 0 spiro atoms. The fourth-order valence-electron chi connectivity index (χ4n) is 2.06. The van der Waals surface area contributed by atoms with Gasteiger partial charge in [0.25, 0.3) is 5.91 Å². The van der Waals surface area contributed by atoms with Gasteiger partial charge < -0.3 is 20.1 Å². The molecule has 20 heavy (non-hydrogen) atoms. The molecule has 1 amide bonds. The molecule has 1 atom stereocenters. The van der Waals surface area contributed by atoms with Crippen LogP contribution in [0.1, 0.15) is 13.3 Å². The number of carbonyl (C=O) groups is 2. The zero-order chi connectivity index (χ0) is 14.5. The van der Waals surface area contributed by atoms with E-state index in [4.69, 9.17) is 15.2 Å². The van der Waals surface area contributed by atoms with Crippen LogP contribution in [0, 0.1) is 0 Å². The first-order chi connectivity index (χ1) is 9.65. The Labute approximate surface area is 117 Å². The number of carbonyl (C=O) groups excluding carboxylic acids is 2. The molecule has 1 unspecified atom stereocenters. The van der Waals surface area contributed by atoms with Crippen molar-refractivity contribution in [3.63, 3.8) is 0 Å². The molecule has 0 bridgehead atoms. The van der Waals surface area contributed by atoms with Crippen molar-refractivity contribution in [2.75, 3.05) is 24.7 Å². The number of rotatable bonds is 3. The van der Waals surface area contributed by atoms with E-state index in [0.29, 0.717) is 31.0 Å². The molecule has 1 aromatic carbocycles. The summed E-state index contributed by atoms with van der Waals surface area (Å²) in [5.74, 6) is -0.559. The van der Waals surface area contributed by atoms with Crippen LogP contribution in [0.15, 0.2) is 24.3 Å². The number of nitrogens with zero attached hydrogens (tertiary/aromatic N) is 1. The Morgan fingerprint density at radius 2 is 2.20 bits per heavy atom. The SMILES string of the molecule is CCOC(=O)C(N)C(=O)N1CCCOc2ccccc21. The van der Waals surface area contributed by atoms with Crippen LogP contribution in [0.2, 0.25) is 0 Å². The summed E-state index contributed by atoms with van der Waals surface area (Å²) < 4.78 is 10.4. The second-order valence-corrected chi connectivity index (χ2v) is 4.39. The van der Waals surface area contributed by atoms with Gasteiger partial charge in [-0.3, -0.25) is 4.79 Å². The molecule has 1 heterocycles. The summed E-state index contributed by atoms with van der Waals surface area (Å²) >= 11 is 0. The Morgan fingerprint density at radius 3 is 2.95 bits per heavy atom. The summed E-state index contributed by atoms with van der Waals surface area (Å²) in [6, 6.07) is 5.90. The van der Waals surface area contributed by atoms with Crippen molar-refractivity contribution in [2.24, 2.45) is 5.73 Å². The van der Waals surface area contributed by atoms with Crippen LogP contribution in [-0.2, 0) is 14.3 Å². The van der Waals surface area contributed by atoms with Crippen molar-refractivity contribution in [1.82, 2.24) is 0 Å². The van der Waals surface area contributed by atoms with E-state index in [9.17, 15) is 9.59 Å². The van der Waals surface area contributed by atoms with E-state index in [0.717, 1.165) is 0 Å². The maximum atomic E-state index is 12.4. The summed E-state index contributed by atoms with van der Waals surface area (Å²) in [7, 11) is 0. The Hall–Kier alpha value is -2.08. The number of hydrogen-bond acceptors (Lipinski definition) is 5. The van der Waals surface area contributed by atoms with Gasteiger partial charge in [0.15, 0.2) is 6.04 Å². The first kappa shape index (κ1) is 14.3. The minimum absolute atomic E-state index is 0.194. The molecule has 6 nitrogen and oxygen atoms in total. The highest BCUT2D eigenvalue weighted by molar-refractivity contribution is 6.10. The summed E-state index contributed by atoms with van der Waals surface area (Å²) in [6.45, 7) is 2.85. The second-order valence-electron chi connectivity index (χ2n) is 4.39. The standard InChI is InChI=1S/C14H18N2O4/c1-2-19-14(18)12(15)13(17)16-8-5-9-20-11-7-4-3-6-10(11)16/h3-4,6-7,12H,2,5,8-9,15H2,1H3. The minimum Gasteiger partial charge on any atom is -0.491 e. The van der Waals surface area contributed by atoms with Crippen LogP contribution in [0.3, 0.4) is 0 Å². The van der Waals surface area contributed by atoms with Gasteiger partial charge in [0, 0.05) is 6.54 Å². The molecule has 1 aliphatic heterocycles. The van der Waals surface area contributed by atoms with Crippen LogP contribution in [0.4, 0.5) is 5.69 Å². The third kappa shape index (κ3) is 2.91. The number of anilines is 1. The summed E-state index contributed by atoms with van der Waals surface area (Å²) in [6.07, 6.45) is 0.677. The van der Waals surface area contributed by atoms with Crippen molar-refractivity contribution in [2.45, 2.75) is 19.4 Å². The van der Waals surface area contributed by atoms with Gasteiger partial charge in [0.1, 0.15) is 5.75 Å². The van der Waals surface area contributed by atoms with Gasteiger partial charge in [0.2, 0.25) is 0 Å². The van der Waals surface area contributed by atoms with E-state index < -0.39 is 17.9 Å². The van der Waals surface area contributed by atoms with E-state index in [1.807, 2.05) is 12.1 Å².